The maximum atomic E-state index is 13.3. The van der Waals surface area contributed by atoms with E-state index in [-0.39, 0.29) is 23.8 Å². The number of rotatable bonds is 6. The highest BCUT2D eigenvalue weighted by Gasteiger charge is 2.36. The molecule has 0 bridgehead atoms. The van der Waals surface area contributed by atoms with Gasteiger partial charge in [0.05, 0.1) is 10.6 Å². The van der Waals surface area contributed by atoms with E-state index in [0.29, 0.717) is 12.1 Å². The molecule has 30 heavy (non-hydrogen) atoms. The summed E-state index contributed by atoms with van der Waals surface area (Å²) in [5, 5.41) is 9.14. The number of carbonyl (C=O) groups is 1. The molecule has 1 aromatic heterocycles. The topological polar surface area (TPSA) is 87.6 Å². The summed E-state index contributed by atoms with van der Waals surface area (Å²) < 4.78 is 28.9. The van der Waals surface area contributed by atoms with Crippen LogP contribution in [0.5, 0.6) is 0 Å². The Morgan fingerprint density at radius 1 is 1.13 bits per heavy atom. The van der Waals surface area contributed by atoms with Gasteiger partial charge in [0.15, 0.2) is 0 Å². The number of anilines is 1. The number of fused-ring (bicyclic) bond motifs is 1. The summed E-state index contributed by atoms with van der Waals surface area (Å²) in [6.07, 6.45) is 3.79. The van der Waals surface area contributed by atoms with E-state index in [0.717, 1.165) is 21.2 Å². The second kappa shape index (κ2) is 8.20. The Morgan fingerprint density at radius 2 is 1.90 bits per heavy atom. The number of hydrogen-bond donors (Lipinski definition) is 1. The summed E-state index contributed by atoms with van der Waals surface area (Å²) >= 11 is 3.33. The van der Waals surface area contributed by atoms with Crippen LogP contribution in [-0.4, -0.2) is 31.0 Å². The minimum absolute atomic E-state index is 0.0204. The van der Waals surface area contributed by atoms with Crippen LogP contribution in [0.25, 0.3) is 11.1 Å². The number of halogens is 1. The first kappa shape index (κ1) is 20.6. The third-order valence-electron chi connectivity index (χ3n) is 5.23. The van der Waals surface area contributed by atoms with Crippen molar-refractivity contribution in [2.24, 2.45) is 0 Å². The molecular weight excluding hydrogens is 468 g/mol. The van der Waals surface area contributed by atoms with E-state index in [1.165, 1.54) is 4.31 Å². The van der Waals surface area contributed by atoms with Crippen LogP contribution >= 0.6 is 15.9 Å². The van der Waals surface area contributed by atoms with Gasteiger partial charge in [-0.2, -0.15) is 0 Å². The SMILES string of the molecule is O=C(O)CCC1CN(S(=O)(=O)c2ccc(Br)cc2)c2ccc(-c3cccnc3)cc21. The second-order valence-electron chi connectivity index (χ2n) is 7.13. The molecule has 8 heteroatoms. The first-order valence-electron chi connectivity index (χ1n) is 9.41. The van der Waals surface area contributed by atoms with Crippen LogP contribution in [0.3, 0.4) is 0 Å². The summed E-state index contributed by atoms with van der Waals surface area (Å²) in [4.78, 5) is 15.5. The number of aromatic nitrogens is 1. The lowest BCUT2D eigenvalue weighted by Crippen LogP contribution is -2.30. The fourth-order valence-corrected chi connectivity index (χ4v) is 5.52. The van der Waals surface area contributed by atoms with Gasteiger partial charge in [0.2, 0.25) is 0 Å². The molecule has 6 nitrogen and oxygen atoms in total. The molecule has 1 atom stereocenters. The lowest BCUT2D eigenvalue weighted by Gasteiger charge is -2.20. The number of pyridine rings is 1. The Bertz CT molecular complexity index is 1180. The summed E-state index contributed by atoms with van der Waals surface area (Å²) in [6, 6.07) is 15.9. The van der Waals surface area contributed by atoms with E-state index in [4.69, 9.17) is 5.11 Å². The molecule has 0 saturated carbocycles. The summed E-state index contributed by atoms with van der Waals surface area (Å²) in [7, 11) is -3.77. The molecule has 1 N–H and O–H groups in total. The fraction of sp³-hybridized carbons (Fsp3) is 0.182. The zero-order valence-corrected chi connectivity index (χ0v) is 18.3. The average molecular weight is 487 g/mol. The quantitative estimate of drug-likeness (QED) is 0.546. The smallest absolute Gasteiger partial charge is 0.303 e. The Balaban J connectivity index is 1.76. The first-order chi connectivity index (χ1) is 14.4. The Labute approximate surface area is 183 Å². The minimum Gasteiger partial charge on any atom is -0.481 e. The molecule has 0 spiro atoms. The van der Waals surface area contributed by atoms with Gasteiger partial charge in [0, 0.05) is 35.7 Å². The first-order valence-corrected chi connectivity index (χ1v) is 11.6. The molecule has 4 rings (SSSR count). The number of nitrogens with zero attached hydrogens (tertiary/aromatic N) is 2. The van der Waals surface area contributed by atoms with E-state index in [9.17, 15) is 13.2 Å². The van der Waals surface area contributed by atoms with Crippen molar-refractivity contribution in [1.29, 1.82) is 0 Å². The molecule has 2 aromatic carbocycles. The van der Waals surface area contributed by atoms with Gasteiger partial charge in [-0.05, 0) is 65.6 Å². The van der Waals surface area contributed by atoms with Gasteiger partial charge in [0.25, 0.3) is 10.0 Å². The van der Waals surface area contributed by atoms with Crippen LogP contribution in [0.15, 0.2) is 76.4 Å². The van der Waals surface area contributed by atoms with Crippen molar-refractivity contribution >= 4 is 37.6 Å². The molecule has 2 heterocycles. The van der Waals surface area contributed by atoms with E-state index in [1.54, 1.807) is 42.7 Å². The maximum Gasteiger partial charge on any atom is 0.303 e. The molecule has 0 aliphatic carbocycles. The summed E-state index contributed by atoms with van der Waals surface area (Å²) in [5.74, 6) is -1.09. The predicted molar refractivity (Wildman–Crippen MR) is 118 cm³/mol. The minimum atomic E-state index is -3.77. The highest BCUT2D eigenvalue weighted by Crippen LogP contribution is 2.43. The number of benzene rings is 2. The molecule has 0 amide bonds. The number of aliphatic carboxylic acids is 1. The van der Waals surface area contributed by atoms with Crippen molar-refractivity contribution in [3.8, 4) is 11.1 Å². The third kappa shape index (κ3) is 3.97. The number of hydrogen-bond acceptors (Lipinski definition) is 4. The average Bonchev–Trinajstić information content (AvgIpc) is 3.12. The maximum absolute atomic E-state index is 13.3. The standard InChI is InChI=1S/C22H19BrN2O4S/c23-18-5-7-19(8-6-18)30(28,29)25-14-17(4-10-22(26)27)20-12-15(3-9-21(20)25)16-2-1-11-24-13-16/h1-3,5-9,11-13,17H,4,10,14H2,(H,26,27). The van der Waals surface area contributed by atoms with Crippen LogP contribution in [0.2, 0.25) is 0 Å². The van der Waals surface area contributed by atoms with Crippen molar-refractivity contribution in [3.63, 3.8) is 0 Å². The Morgan fingerprint density at radius 3 is 2.57 bits per heavy atom. The Hall–Kier alpha value is -2.71. The molecule has 0 fully saturated rings. The van der Waals surface area contributed by atoms with Gasteiger partial charge >= 0.3 is 5.97 Å². The second-order valence-corrected chi connectivity index (χ2v) is 9.91. The van der Waals surface area contributed by atoms with Crippen LogP contribution in [0.4, 0.5) is 5.69 Å². The largest absolute Gasteiger partial charge is 0.481 e. The number of sulfonamides is 1. The van der Waals surface area contributed by atoms with E-state index in [2.05, 4.69) is 20.9 Å². The van der Waals surface area contributed by atoms with Crippen molar-refractivity contribution < 1.29 is 18.3 Å². The van der Waals surface area contributed by atoms with Gasteiger partial charge < -0.3 is 5.11 Å². The molecule has 1 aliphatic rings. The molecule has 0 radical (unpaired) electrons. The predicted octanol–water partition coefficient (Wildman–Crippen LogP) is 4.67. The molecule has 1 aliphatic heterocycles. The normalized spacial score (nSPS) is 15.8. The van der Waals surface area contributed by atoms with Crippen LogP contribution in [0, 0.1) is 0 Å². The zero-order valence-electron chi connectivity index (χ0n) is 15.9. The highest BCUT2D eigenvalue weighted by molar-refractivity contribution is 9.10. The van der Waals surface area contributed by atoms with Crippen molar-refractivity contribution in [1.82, 2.24) is 4.98 Å². The van der Waals surface area contributed by atoms with Gasteiger partial charge in [-0.25, -0.2) is 8.42 Å². The summed E-state index contributed by atoms with van der Waals surface area (Å²) in [5.41, 5.74) is 3.29. The van der Waals surface area contributed by atoms with Crippen LogP contribution < -0.4 is 4.31 Å². The Kier molecular flexibility index (Phi) is 5.62. The summed E-state index contributed by atoms with van der Waals surface area (Å²) in [6.45, 7) is 0.220. The van der Waals surface area contributed by atoms with Gasteiger partial charge in [-0.3, -0.25) is 14.1 Å². The van der Waals surface area contributed by atoms with Gasteiger partial charge in [0.1, 0.15) is 0 Å². The molecule has 154 valence electrons. The van der Waals surface area contributed by atoms with Crippen molar-refractivity contribution in [2.75, 3.05) is 10.8 Å². The monoisotopic (exact) mass is 486 g/mol. The fourth-order valence-electron chi connectivity index (χ4n) is 3.72. The highest BCUT2D eigenvalue weighted by atomic mass is 79.9. The molecule has 1 unspecified atom stereocenters. The van der Waals surface area contributed by atoms with E-state index >= 15 is 0 Å². The number of carboxylic acid groups (broad SMARTS) is 1. The third-order valence-corrected chi connectivity index (χ3v) is 7.55. The van der Waals surface area contributed by atoms with Crippen molar-refractivity contribution in [2.45, 2.75) is 23.7 Å². The molecule has 3 aromatic rings. The van der Waals surface area contributed by atoms with Gasteiger partial charge in [-0.1, -0.05) is 28.1 Å². The molecule has 0 saturated heterocycles. The molecular formula is C22H19BrN2O4S. The van der Waals surface area contributed by atoms with Gasteiger partial charge in [-0.15, -0.1) is 0 Å². The van der Waals surface area contributed by atoms with Crippen LogP contribution in [-0.2, 0) is 14.8 Å². The lowest BCUT2D eigenvalue weighted by molar-refractivity contribution is -0.137. The van der Waals surface area contributed by atoms with E-state index < -0.39 is 16.0 Å². The van der Waals surface area contributed by atoms with Crippen molar-refractivity contribution in [3.05, 3.63) is 77.0 Å². The van der Waals surface area contributed by atoms with Crippen LogP contribution in [0.1, 0.15) is 24.3 Å². The number of carboxylic acids is 1. The lowest BCUT2D eigenvalue weighted by atomic mass is 9.93. The zero-order chi connectivity index (χ0) is 21.3. The van der Waals surface area contributed by atoms with E-state index in [1.807, 2.05) is 24.3 Å².